The number of hydrogen-bond acceptors (Lipinski definition) is 4. The predicted octanol–water partition coefficient (Wildman–Crippen LogP) is 5.21. The summed E-state index contributed by atoms with van der Waals surface area (Å²) in [6.07, 6.45) is 1.83. The van der Waals surface area contributed by atoms with Gasteiger partial charge in [0.1, 0.15) is 18.0 Å². The molecule has 0 aliphatic rings. The number of nitrogens with zero attached hydrogens (tertiary/aromatic N) is 3. The van der Waals surface area contributed by atoms with Crippen LogP contribution in [0.15, 0.2) is 79.0 Å². The van der Waals surface area contributed by atoms with Gasteiger partial charge in [-0.15, -0.1) is 0 Å². The van der Waals surface area contributed by atoms with Gasteiger partial charge in [0.25, 0.3) is 0 Å². The lowest BCUT2D eigenvalue weighted by molar-refractivity contribution is -0.116. The number of hydrogen-bond donors (Lipinski definition) is 1. The van der Waals surface area contributed by atoms with E-state index in [4.69, 9.17) is 9.84 Å². The van der Waals surface area contributed by atoms with Crippen LogP contribution < -0.4 is 10.1 Å². The number of methoxy groups -OCH3 is 1. The Kier molecular flexibility index (Phi) is 5.03. The second-order valence-corrected chi connectivity index (χ2v) is 7.69. The number of pyridine rings is 1. The van der Waals surface area contributed by atoms with Gasteiger partial charge < -0.3 is 10.1 Å². The third-order valence-electron chi connectivity index (χ3n) is 5.46. The number of anilines is 1. The molecule has 0 aliphatic carbocycles. The molecular formula is C26H22N4O2. The van der Waals surface area contributed by atoms with E-state index >= 15 is 0 Å². The Morgan fingerprint density at radius 3 is 2.53 bits per heavy atom. The SMILES string of the molecule is COc1ccc2ncc3c(-c4ccccc4)nn(CC(=O)Nc4ccc(C)cc4)c3c2c1. The Balaban J connectivity index is 1.63. The molecule has 5 rings (SSSR count). The lowest BCUT2D eigenvalue weighted by Gasteiger charge is -2.08. The molecule has 1 N–H and O–H groups in total. The van der Waals surface area contributed by atoms with Crippen LogP contribution in [0.3, 0.4) is 0 Å². The largest absolute Gasteiger partial charge is 0.497 e. The van der Waals surface area contributed by atoms with Crippen molar-refractivity contribution in [3.05, 3.63) is 84.6 Å². The molecule has 0 saturated carbocycles. The minimum Gasteiger partial charge on any atom is -0.497 e. The summed E-state index contributed by atoms with van der Waals surface area (Å²) in [5.74, 6) is 0.579. The Bertz CT molecular complexity index is 1420. The first-order valence-electron chi connectivity index (χ1n) is 10.4. The molecule has 0 fully saturated rings. The van der Waals surface area contributed by atoms with Crippen LogP contribution in [0, 0.1) is 6.92 Å². The van der Waals surface area contributed by atoms with Gasteiger partial charge in [0.05, 0.1) is 18.1 Å². The van der Waals surface area contributed by atoms with Crippen molar-refractivity contribution in [1.82, 2.24) is 14.8 Å². The van der Waals surface area contributed by atoms with E-state index in [0.717, 1.165) is 50.1 Å². The fraction of sp³-hybridized carbons (Fsp3) is 0.115. The topological polar surface area (TPSA) is 69.0 Å². The summed E-state index contributed by atoms with van der Waals surface area (Å²) in [6.45, 7) is 2.09. The Labute approximate surface area is 185 Å². The Morgan fingerprint density at radius 1 is 1.00 bits per heavy atom. The van der Waals surface area contributed by atoms with Crippen molar-refractivity contribution in [3.63, 3.8) is 0 Å². The van der Waals surface area contributed by atoms with Gasteiger partial charge in [0.15, 0.2) is 0 Å². The normalized spacial score (nSPS) is 11.1. The first kappa shape index (κ1) is 19.8. The lowest BCUT2D eigenvalue weighted by atomic mass is 10.1. The molecule has 0 radical (unpaired) electrons. The number of nitrogens with one attached hydrogen (secondary N) is 1. The summed E-state index contributed by atoms with van der Waals surface area (Å²) in [5.41, 5.74) is 5.33. The molecule has 0 spiro atoms. The number of carbonyl (C=O) groups is 1. The van der Waals surface area contributed by atoms with Crippen molar-refractivity contribution in [2.24, 2.45) is 0 Å². The second-order valence-electron chi connectivity index (χ2n) is 7.69. The maximum Gasteiger partial charge on any atom is 0.246 e. The Morgan fingerprint density at radius 2 is 1.78 bits per heavy atom. The molecule has 0 unspecified atom stereocenters. The molecule has 2 heterocycles. The van der Waals surface area contributed by atoms with Gasteiger partial charge in [0.2, 0.25) is 5.91 Å². The van der Waals surface area contributed by atoms with Gasteiger partial charge >= 0.3 is 0 Å². The van der Waals surface area contributed by atoms with Crippen molar-refractivity contribution >= 4 is 33.4 Å². The molecular weight excluding hydrogens is 400 g/mol. The van der Waals surface area contributed by atoms with Crippen molar-refractivity contribution in [3.8, 4) is 17.0 Å². The van der Waals surface area contributed by atoms with E-state index < -0.39 is 0 Å². The standard InChI is InChI=1S/C26H22N4O2/c1-17-8-10-19(11-9-17)28-24(31)16-30-26-21-14-20(32-2)12-13-23(21)27-15-22(26)25(29-30)18-6-4-3-5-7-18/h3-15H,16H2,1-2H3,(H,28,31). The van der Waals surface area contributed by atoms with Crippen LogP contribution in [0.1, 0.15) is 5.56 Å². The molecule has 158 valence electrons. The highest BCUT2D eigenvalue weighted by atomic mass is 16.5. The minimum atomic E-state index is -0.147. The van der Waals surface area contributed by atoms with E-state index in [9.17, 15) is 4.79 Å². The number of fused-ring (bicyclic) bond motifs is 3. The zero-order chi connectivity index (χ0) is 22.1. The summed E-state index contributed by atoms with van der Waals surface area (Å²) >= 11 is 0. The van der Waals surface area contributed by atoms with Gasteiger partial charge in [-0.25, -0.2) is 0 Å². The van der Waals surface area contributed by atoms with Crippen LogP contribution >= 0.6 is 0 Å². The second kappa shape index (κ2) is 8.15. The summed E-state index contributed by atoms with van der Waals surface area (Å²) in [5, 5.41) is 9.58. The Hall–Kier alpha value is -4.19. The van der Waals surface area contributed by atoms with Crippen molar-refractivity contribution < 1.29 is 9.53 Å². The fourth-order valence-electron chi connectivity index (χ4n) is 3.86. The molecule has 6 nitrogen and oxygen atoms in total. The summed E-state index contributed by atoms with van der Waals surface area (Å²) in [7, 11) is 1.64. The average molecular weight is 422 g/mol. The van der Waals surface area contributed by atoms with Crippen LogP contribution in [-0.2, 0) is 11.3 Å². The maximum atomic E-state index is 12.9. The van der Waals surface area contributed by atoms with E-state index in [0.29, 0.717) is 0 Å². The highest BCUT2D eigenvalue weighted by Crippen LogP contribution is 2.33. The van der Waals surface area contributed by atoms with Crippen LogP contribution in [0.4, 0.5) is 5.69 Å². The molecule has 32 heavy (non-hydrogen) atoms. The maximum absolute atomic E-state index is 12.9. The lowest BCUT2D eigenvalue weighted by Crippen LogP contribution is -2.19. The highest BCUT2D eigenvalue weighted by Gasteiger charge is 2.18. The molecule has 0 saturated heterocycles. The smallest absolute Gasteiger partial charge is 0.246 e. The molecule has 3 aromatic carbocycles. The number of ether oxygens (including phenoxy) is 1. The summed E-state index contributed by atoms with van der Waals surface area (Å²) in [6, 6.07) is 23.4. The third-order valence-corrected chi connectivity index (χ3v) is 5.46. The third kappa shape index (κ3) is 3.67. The monoisotopic (exact) mass is 422 g/mol. The molecule has 0 aliphatic heterocycles. The molecule has 1 amide bonds. The fourth-order valence-corrected chi connectivity index (χ4v) is 3.86. The number of aryl methyl sites for hydroxylation is 1. The van der Waals surface area contributed by atoms with Crippen LogP contribution in [0.2, 0.25) is 0 Å². The number of rotatable bonds is 5. The predicted molar refractivity (Wildman–Crippen MR) is 127 cm³/mol. The average Bonchev–Trinajstić information content (AvgIpc) is 3.19. The zero-order valence-electron chi connectivity index (χ0n) is 17.9. The van der Waals surface area contributed by atoms with Crippen molar-refractivity contribution in [2.45, 2.75) is 13.5 Å². The molecule has 5 aromatic rings. The van der Waals surface area contributed by atoms with Crippen LogP contribution in [-0.4, -0.2) is 27.8 Å². The highest BCUT2D eigenvalue weighted by molar-refractivity contribution is 6.09. The number of carbonyl (C=O) groups excluding carboxylic acids is 1. The molecule has 0 bridgehead atoms. The van der Waals surface area contributed by atoms with Gasteiger partial charge in [-0.05, 0) is 37.3 Å². The van der Waals surface area contributed by atoms with Crippen molar-refractivity contribution in [2.75, 3.05) is 12.4 Å². The number of amides is 1. The first-order valence-corrected chi connectivity index (χ1v) is 10.4. The van der Waals surface area contributed by atoms with Crippen LogP contribution in [0.25, 0.3) is 33.1 Å². The van der Waals surface area contributed by atoms with Gasteiger partial charge in [0, 0.05) is 28.2 Å². The number of aromatic nitrogens is 3. The van der Waals surface area contributed by atoms with Gasteiger partial charge in [-0.3, -0.25) is 14.5 Å². The minimum absolute atomic E-state index is 0.0769. The van der Waals surface area contributed by atoms with Crippen molar-refractivity contribution in [1.29, 1.82) is 0 Å². The zero-order valence-corrected chi connectivity index (χ0v) is 17.9. The van der Waals surface area contributed by atoms with E-state index in [1.54, 1.807) is 11.8 Å². The summed E-state index contributed by atoms with van der Waals surface area (Å²) < 4.78 is 7.19. The molecule has 0 atom stereocenters. The number of benzene rings is 3. The van der Waals surface area contributed by atoms with Gasteiger partial charge in [-0.1, -0.05) is 48.0 Å². The van der Waals surface area contributed by atoms with E-state index in [2.05, 4.69) is 10.3 Å². The van der Waals surface area contributed by atoms with E-state index in [1.165, 1.54) is 0 Å². The van der Waals surface area contributed by atoms with Crippen LogP contribution in [0.5, 0.6) is 5.75 Å². The summed E-state index contributed by atoms with van der Waals surface area (Å²) in [4.78, 5) is 17.5. The quantitative estimate of drug-likeness (QED) is 0.422. The first-order chi connectivity index (χ1) is 15.6. The van der Waals surface area contributed by atoms with E-state index in [-0.39, 0.29) is 12.5 Å². The van der Waals surface area contributed by atoms with E-state index in [1.807, 2.05) is 85.9 Å². The molecule has 6 heteroatoms. The van der Waals surface area contributed by atoms with Gasteiger partial charge in [-0.2, -0.15) is 5.10 Å². The molecule has 2 aromatic heterocycles.